The topological polar surface area (TPSA) is 45.2 Å². The largest absolute Gasteiger partial charge is 0.322 e. The van der Waals surface area contributed by atoms with Crippen LogP contribution in [0.3, 0.4) is 0 Å². The first kappa shape index (κ1) is 17.7. The van der Waals surface area contributed by atoms with Gasteiger partial charge in [0.2, 0.25) is 0 Å². The van der Waals surface area contributed by atoms with Crippen molar-refractivity contribution in [3.05, 3.63) is 70.0 Å². The quantitative estimate of drug-likeness (QED) is 0.627. The molecule has 2 aromatic carbocycles. The van der Waals surface area contributed by atoms with Crippen LogP contribution in [0.15, 0.2) is 53.9 Å². The number of urea groups is 1. The zero-order valence-electron chi connectivity index (χ0n) is 15.6. The monoisotopic (exact) mass is 377 g/mol. The molecule has 3 aromatic rings. The number of aromatic nitrogens is 1. The van der Waals surface area contributed by atoms with Crippen LogP contribution in [-0.2, 0) is 0 Å². The maximum Gasteiger partial charge on any atom is 0.322 e. The lowest BCUT2D eigenvalue weighted by molar-refractivity contribution is 0.207. The van der Waals surface area contributed by atoms with E-state index in [1.165, 1.54) is 0 Å². The number of anilines is 1. The van der Waals surface area contributed by atoms with Crippen LogP contribution in [0.2, 0.25) is 0 Å². The summed E-state index contributed by atoms with van der Waals surface area (Å²) in [5.74, 6) is 0. The minimum atomic E-state index is -0.0392. The number of carbonyl (C=O) groups excluding carboxylic acids is 1. The third kappa shape index (κ3) is 3.74. The number of thiazole rings is 1. The van der Waals surface area contributed by atoms with Gasteiger partial charge in [-0.2, -0.15) is 0 Å². The van der Waals surface area contributed by atoms with E-state index >= 15 is 0 Å². The summed E-state index contributed by atoms with van der Waals surface area (Å²) < 4.78 is 0. The van der Waals surface area contributed by atoms with E-state index in [0.717, 1.165) is 52.5 Å². The third-order valence-corrected chi connectivity index (χ3v) is 5.97. The second-order valence-corrected chi connectivity index (χ2v) is 7.93. The van der Waals surface area contributed by atoms with Crippen molar-refractivity contribution in [2.24, 2.45) is 0 Å². The summed E-state index contributed by atoms with van der Waals surface area (Å²) >= 11 is 1.64. The Balaban J connectivity index is 1.53. The van der Waals surface area contributed by atoms with Crippen LogP contribution in [0.4, 0.5) is 10.5 Å². The van der Waals surface area contributed by atoms with Gasteiger partial charge in [-0.25, -0.2) is 9.78 Å². The van der Waals surface area contributed by atoms with Crippen molar-refractivity contribution < 1.29 is 4.79 Å². The Morgan fingerprint density at radius 2 is 2.00 bits per heavy atom. The van der Waals surface area contributed by atoms with Crippen LogP contribution in [0.25, 0.3) is 11.3 Å². The fraction of sp³-hybridized carbons (Fsp3) is 0.273. The summed E-state index contributed by atoms with van der Waals surface area (Å²) in [5.41, 5.74) is 5.20. The smallest absolute Gasteiger partial charge is 0.315 e. The average Bonchev–Trinajstić information content (AvgIpc) is 3.34. The van der Waals surface area contributed by atoms with Gasteiger partial charge in [-0.05, 0) is 43.9 Å². The molecule has 0 unspecified atom stereocenters. The lowest BCUT2D eigenvalue weighted by Crippen LogP contribution is -2.34. The van der Waals surface area contributed by atoms with E-state index in [1.807, 2.05) is 49.1 Å². The molecule has 1 saturated heterocycles. The molecule has 4 nitrogen and oxygen atoms in total. The maximum absolute atomic E-state index is 12.9. The van der Waals surface area contributed by atoms with E-state index in [0.29, 0.717) is 0 Å². The Hall–Kier alpha value is -2.66. The Kier molecular flexibility index (Phi) is 4.94. The van der Waals surface area contributed by atoms with E-state index < -0.39 is 0 Å². The molecule has 0 saturated carbocycles. The number of aryl methyl sites for hydroxylation is 2. The van der Waals surface area contributed by atoms with E-state index in [9.17, 15) is 4.79 Å². The Bertz CT molecular complexity index is 951. The second-order valence-electron chi connectivity index (χ2n) is 7.04. The molecule has 2 heterocycles. The first-order valence-corrected chi connectivity index (χ1v) is 10.2. The predicted octanol–water partition coefficient (Wildman–Crippen LogP) is 5.80. The van der Waals surface area contributed by atoms with Gasteiger partial charge in [0.25, 0.3) is 0 Å². The van der Waals surface area contributed by atoms with Crippen molar-refractivity contribution in [2.45, 2.75) is 32.7 Å². The van der Waals surface area contributed by atoms with Gasteiger partial charge in [-0.3, -0.25) is 0 Å². The van der Waals surface area contributed by atoms with Crippen molar-refractivity contribution >= 4 is 23.1 Å². The summed E-state index contributed by atoms with van der Waals surface area (Å²) in [4.78, 5) is 19.7. The predicted molar refractivity (Wildman–Crippen MR) is 111 cm³/mol. The molecule has 1 aromatic heterocycles. The van der Waals surface area contributed by atoms with Crippen molar-refractivity contribution in [3.8, 4) is 11.3 Å². The highest BCUT2D eigenvalue weighted by Crippen LogP contribution is 2.36. The summed E-state index contributed by atoms with van der Waals surface area (Å²) in [7, 11) is 0. The molecule has 0 radical (unpaired) electrons. The molecule has 2 amide bonds. The van der Waals surface area contributed by atoms with E-state index in [-0.39, 0.29) is 12.1 Å². The lowest BCUT2D eigenvalue weighted by atomic mass is 10.1. The number of likely N-dealkylation sites (tertiary alicyclic amines) is 1. The minimum absolute atomic E-state index is 0.0392. The normalized spacial score (nSPS) is 16.5. The van der Waals surface area contributed by atoms with Gasteiger partial charge in [0.15, 0.2) is 0 Å². The highest BCUT2D eigenvalue weighted by Gasteiger charge is 2.32. The number of benzene rings is 2. The van der Waals surface area contributed by atoms with E-state index in [2.05, 4.69) is 28.9 Å². The SMILES string of the molecule is Cc1ccc(C)c(NC(=O)N2CCC[C@H]2c2nc(-c3ccccc3)cs2)c1. The molecular weight excluding hydrogens is 354 g/mol. The van der Waals surface area contributed by atoms with Crippen molar-refractivity contribution in [3.63, 3.8) is 0 Å². The first-order valence-electron chi connectivity index (χ1n) is 9.27. The summed E-state index contributed by atoms with van der Waals surface area (Å²) in [6, 6.07) is 16.3. The molecule has 27 heavy (non-hydrogen) atoms. The van der Waals surface area contributed by atoms with Crippen LogP contribution in [0, 0.1) is 13.8 Å². The number of hydrogen-bond acceptors (Lipinski definition) is 3. The summed E-state index contributed by atoms with van der Waals surface area (Å²) in [5, 5.41) is 6.20. The van der Waals surface area contributed by atoms with Crippen molar-refractivity contribution in [1.29, 1.82) is 0 Å². The highest BCUT2D eigenvalue weighted by molar-refractivity contribution is 7.10. The van der Waals surface area contributed by atoms with Crippen LogP contribution in [0.1, 0.15) is 35.0 Å². The molecule has 1 fully saturated rings. The summed E-state index contributed by atoms with van der Waals surface area (Å²) in [6.07, 6.45) is 1.97. The number of nitrogens with zero attached hydrogens (tertiary/aromatic N) is 2. The Morgan fingerprint density at radius 3 is 2.81 bits per heavy atom. The zero-order chi connectivity index (χ0) is 18.8. The molecule has 1 aliphatic rings. The number of nitrogens with one attached hydrogen (secondary N) is 1. The molecular formula is C22H23N3OS. The molecule has 0 bridgehead atoms. The van der Waals surface area contributed by atoms with E-state index in [4.69, 9.17) is 4.98 Å². The fourth-order valence-electron chi connectivity index (χ4n) is 3.51. The maximum atomic E-state index is 12.9. The molecule has 0 aliphatic carbocycles. The fourth-order valence-corrected chi connectivity index (χ4v) is 4.48. The van der Waals surface area contributed by atoms with E-state index in [1.54, 1.807) is 11.3 Å². The summed E-state index contributed by atoms with van der Waals surface area (Å²) in [6.45, 7) is 4.82. The molecule has 1 atom stereocenters. The average molecular weight is 378 g/mol. The third-order valence-electron chi connectivity index (χ3n) is 5.02. The van der Waals surface area contributed by atoms with Gasteiger partial charge in [0.1, 0.15) is 5.01 Å². The number of amides is 2. The number of carbonyl (C=O) groups is 1. The zero-order valence-corrected chi connectivity index (χ0v) is 16.4. The first-order chi connectivity index (χ1) is 13.1. The Labute approximate surface area is 163 Å². The number of hydrogen-bond donors (Lipinski definition) is 1. The van der Waals surface area contributed by atoms with Gasteiger partial charge in [-0.15, -0.1) is 11.3 Å². The second kappa shape index (κ2) is 7.53. The van der Waals surface area contributed by atoms with Gasteiger partial charge < -0.3 is 10.2 Å². The van der Waals surface area contributed by atoms with Gasteiger partial charge in [-0.1, -0.05) is 42.5 Å². The van der Waals surface area contributed by atoms with Crippen molar-refractivity contribution in [2.75, 3.05) is 11.9 Å². The molecule has 138 valence electrons. The molecule has 4 rings (SSSR count). The van der Waals surface area contributed by atoms with Crippen LogP contribution >= 0.6 is 11.3 Å². The van der Waals surface area contributed by atoms with Crippen LogP contribution < -0.4 is 5.32 Å². The van der Waals surface area contributed by atoms with Gasteiger partial charge in [0, 0.05) is 23.2 Å². The molecule has 0 spiro atoms. The van der Waals surface area contributed by atoms with Gasteiger partial charge in [0.05, 0.1) is 11.7 Å². The molecule has 1 aliphatic heterocycles. The van der Waals surface area contributed by atoms with Crippen LogP contribution in [0.5, 0.6) is 0 Å². The van der Waals surface area contributed by atoms with Crippen molar-refractivity contribution in [1.82, 2.24) is 9.88 Å². The highest BCUT2D eigenvalue weighted by atomic mass is 32.1. The van der Waals surface area contributed by atoms with Gasteiger partial charge >= 0.3 is 6.03 Å². The van der Waals surface area contributed by atoms with Crippen LogP contribution in [-0.4, -0.2) is 22.5 Å². The Morgan fingerprint density at radius 1 is 1.19 bits per heavy atom. The standard InChI is InChI=1S/C22H23N3OS/c1-15-10-11-16(2)18(13-15)24-22(26)25-12-6-9-20(25)21-23-19(14-27-21)17-7-4-3-5-8-17/h3-5,7-8,10-11,13-14,20H,6,9,12H2,1-2H3,(H,24,26)/t20-/m0/s1. The number of rotatable bonds is 3. The molecule has 5 heteroatoms. The lowest BCUT2D eigenvalue weighted by Gasteiger charge is -2.24. The molecule has 1 N–H and O–H groups in total. The minimum Gasteiger partial charge on any atom is -0.315 e.